The van der Waals surface area contributed by atoms with Crippen LogP contribution in [0.2, 0.25) is 9.36 Å². The Morgan fingerprint density at radius 3 is 2.44 bits per heavy atom. The van der Waals surface area contributed by atoms with Crippen molar-refractivity contribution in [2.24, 2.45) is 11.1 Å². The van der Waals surface area contributed by atoms with Crippen LogP contribution >= 0.6 is 46.3 Å². The standard InChI is InChI=1S/C27H25Cl2N7O12S2/c1-26(2,22(43)44)48-33-14(15-18(29)49-24(30)31-15)12(38)7-10-20(42)34-8-27(23(45)46,50-21(10)34)35-5-6-36(25(35)47)32-19(41)16(39)9-3-4-11(37)17(40)13(9)28/h3-4,10,21,37,40H,5-8H2,1-2H3,(H2,30,31)(H,32,41)(H,43,44)(H,45,46)/b33-14+/t10-,21-,27-/m1/s1. The quantitative estimate of drug-likeness (QED) is 0.0437. The molecular formula is C27H25Cl2N7O12S2. The molecule has 23 heteroatoms. The molecule has 19 nitrogen and oxygen atoms in total. The Labute approximate surface area is 298 Å². The highest BCUT2D eigenvalue weighted by Gasteiger charge is 2.66. The summed E-state index contributed by atoms with van der Waals surface area (Å²) < 4.78 is -0.0665. The van der Waals surface area contributed by atoms with Crippen molar-refractivity contribution in [1.29, 1.82) is 0 Å². The van der Waals surface area contributed by atoms with E-state index in [-0.39, 0.29) is 28.3 Å². The van der Waals surface area contributed by atoms with Crippen molar-refractivity contribution >= 4 is 98.5 Å². The average molecular weight is 775 g/mol. The number of thiazole rings is 1. The molecule has 0 saturated carbocycles. The maximum Gasteiger partial charge on any atom is 0.350 e. The number of aromatic nitrogens is 1. The van der Waals surface area contributed by atoms with Crippen molar-refractivity contribution in [2.75, 3.05) is 25.4 Å². The van der Waals surface area contributed by atoms with Gasteiger partial charge in [0, 0.05) is 13.0 Å². The largest absolute Gasteiger partial charge is 0.504 e. The number of ketones is 2. The minimum Gasteiger partial charge on any atom is -0.504 e. The van der Waals surface area contributed by atoms with E-state index >= 15 is 0 Å². The number of carboxylic acids is 2. The van der Waals surface area contributed by atoms with E-state index in [1.165, 1.54) is 18.7 Å². The number of β-lactam (4-membered cyclic amide) rings is 1. The molecule has 3 aliphatic heterocycles. The fraction of sp³-hybridized carbons (Fsp3) is 0.370. The Kier molecular flexibility index (Phi) is 9.55. The fourth-order valence-electron chi connectivity index (χ4n) is 5.13. The molecule has 2 aromatic rings. The molecule has 4 amide bonds. The number of aromatic hydroxyl groups is 2. The number of oxime groups is 1. The van der Waals surface area contributed by atoms with Crippen molar-refractivity contribution in [3.8, 4) is 11.5 Å². The number of nitrogens with two attached hydrogens (primary N) is 1. The number of aliphatic carboxylic acids is 2. The summed E-state index contributed by atoms with van der Waals surface area (Å²) in [6.07, 6.45) is -0.556. The van der Waals surface area contributed by atoms with E-state index in [4.69, 9.17) is 33.8 Å². The van der Waals surface area contributed by atoms with Crippen molar-refractivity contribution in [2.45, 2.75) is 36.1 Å². The predicted octanol–water partition coefficient (Wildman–Crippen LogP) is 0.950. The van der Waals surface area contributed by atoms with E-state index in [0.717, 1.165) is 28.4 Å². The number of hydrazine groups is 1. The number of carbonyl (C=O) groups is 7. The summed E-state index contributed by atoms with van der Waals surface area (Å²) in [4.78, 5) is 98.9. The SMILES string of the molecule is CC(C)(O/N=C(\C(=O)C[C@@H]1C(=O)N2C[C@@](C(=O)O)(N3CCN(NC(=O)C(=O)c4ccc(O)c(O)c4Cl)C3=O)S[C@H]12)c1nc(N)sc1Cl)C(=O)O. The highest BCUT2D eigenvalue weighted by molar-refractivity contribution is 8.02. The van der Waals surface area contributed by atoms with E-state index in [1.807, 2.05) is 0 Å². The molecule has 1 aromatic heterocycles. The molecule has 3 aliphatic rings. The Balaban J connectivity index is 1.32. The topological polar surface area (TPSA) is 283 Å². The molecule has 266 valence electrons. The van der Waals surface area contributed by atoms with Gasteiger partial charge in [-0.15, -0.1) is 0 Å². The van der Waals surface area contributed by atoms with Gasteiger partial charge in [-0.25, -0.2) is 24.4 Å². The van der Waals surface area contributed by atoms with E-state index in [9.17, 15) is 54.0 Å². The van der Waals surface area contributed by atoms with E-state index < -0.39 is 104 Å². The number of Topliss-reactive ketones (excluding diaryl/α,β-unsaturated/α-hetero) is 2. The number of fused-ring (bicyclic) bond motifs is 1. The number of carbonyl (C=O) groups excluding carboxylic acids is 5. The van der Waals surface area contributed by atoms with Gasteiger partial charge in [-0.2, -0.15) is 0 Å². The van der Waals surface area contributed by atoms with Gasteiger partial charge >= 0.3 is 23.9 Å². The van der Waals surface area contributed by atoms with Crippen LogP contribution in [0.1, 0.15) is 36.3 Å². The number of benzene rings is 1. The van der Waals surface area contributed by atoms with Crippen molar-refractivity contribution in [3.05, 3.63) is 32.7 Å². The zero-order valence-electron chi connectivity index (χ0n) is 25.6. The number of nitrogen functional groups attached to an aromatic ring is 1. The maximum atomic E-state index is 13.5. The highest BCUT2D eigenvalue weighted by atomic mass is 35.5. The number of halogens is 2. The van der Waals surface area contributed by atoms with E-state index in [1.54, 1.807) is 0 Å². The number of nitrogens with one attached hydrogen (secondary N) is 1. The van der Waals surface area contributed by atoms with Gasteiger partial charge in [0.1, 0.15) is 10.0 Å². The average Bonchev–Trinajstić information content (AvgIpc) is 3.71. The number of hydrogen-bond donors (Lipinski definition) is 6. The Morgan fingerprint density at radius 1 is 1.16 bits per heavy atom. The van der Waals surface area contributed by atoms with Gasteiger partial charge in [-0.05, 0) is 26.0 Å². The number of amides is 4. The second-order valence-corrected chi connectivity index (χ2v) is 14.9. The molecule has 0 bridgehead atoms. The first-order valence-electron chi connectivity index (χ1n) is 14.1. The van der Waals surface area contributed by atoms with Crippen molar-refractivity contribution in [3.63, 3.8) is 0 Å². The Morgan fingerprint density at radius 2 is 1.84 bits per heavy atom. The Hall–Kier alpha value is -4.86. The zero-order chi connectivity index (χ0) is 37.0. The molecule has 3 atom stereocenters. The summed E-state index contributed by atoms with van der Waals surface area (Å²) in [5.74, 6) is -9.60. The lowest BCUT2D eigenvalue weighted by atomic mass is 9.90. The fourth-order valence-corrected chi connectivity index (χ4v) is 8.00. The summed E-state index contributed by atoms with van der Waals surface area (Å²) >= 11 is 13.6. The second kappa shape index (κ2) is 13.1. The number of hydrogen-bond acceptors (Lipinski definition) is 15. The van der Waals surface area contributed by atoms with Crippen molar-refractivity contribution in [1.82, 2.24) is 25.2 Å². The molecule has 1 aromatic carbocycles. The molecule has 3 fully saturated rings. The van der Waals surface area contributed by atoms with Gasteiger partial charge in [0.2, 0.25) is 16.4 Å². The summed E-state index contributed by atoms with van der Waals surface area (Å²) in [6, 6.07) is 0.885. The third-order valence-corrected chi connectivity index (χ3v) is 11.1. The van der Waals surface area contributed by atoms with Crippen LogP contribution in [0.15, 0.2) is 17.3 Å². The lowest BCUT2D eigenvalue weighted by molar-refractivity contribution is -0.161. The normalized spacial score (nSPS) is 21.9. The number of urea groups is 1. The number of nitrogens with zero attached hydrogens (tertiary/aromatic N) is 5. The predicted molar refractivity (Wildman–Crippen MR) is 174 cm³/mol. The van der Waals surface area contributed by atoms with Gasteiger partial charge in [0.15, 0.2) is 28.1 Å². The molecule has 4 heterocycles. The van der Waals surface area contributed by atoms with Crippen LogP contribution < -0.4 is 11.2 Å². The van der Waals surface area contributed by atoms with Gasteiger partial charge in [0.25, 0.3) is 5.78 Å². The monoisotopic (exact) mass is 773 g/mol. The Bertz CT molecular complexity index is 1910. The van der Waals surface area contributed by atoms with Crippen molar-refractivity contribution < 1.29 is 58.8 Å². The first-order valence-corrected chi connectivity index (χ1v) is 16.6. The van der Waals surface area contributed by atoms with Crippen LogP contribution in [0.5, 0.6) is 11.5 Å². The van der Waals surface area contributed by atoms with Crippen LogP contribution in [0.3, 0.4) is 0 Å². The van der Waals surface area contributed by atoms with Crippen LogP contribution in [-0.4, -0.2) is 123 Å². The summed E-state index contributed by atoms with van der Waals surface area (Å²) in [6.45, 7) is 1.33. The molecular weight excluding hydrogens is 749 g/mol. The highest BCUT2D eigenvalue weighted by Crippen LogP contribution is 2.53. The smallest absolute Gasteiger partial charge is 0.350 e. The van der Waals surface area contributed by atoms with Crippen LogP contribution in [0, 0.1) is 5.92 Å². The zero-order valence-corrected chi connectivity index (χ0v) is 28.7. The minimum absolute atomic E-state index is 0.0418. The van der Waals surface area contributed by atoms with Crippen LogP contribution in [0.25, 0.3) is 0 Å². The number of rotatable bonds is 12. The first-order chi connectivity index (χ1) is 23.3. The van der Waals surface area contributed by atoms with Crippen LogP contribution in [0.4, 0.5) is 9.93 Å². The molecule has 50 heavy (non-hydrogen) atoms. The number of carboxylic acid groups (broad SMARTS) is 2. The van der Waals surface area contributed by atoms with Gasteiger partial charge in [-0.1, -0.05) is 51.5 Å². The summed E-state index contributed by atoms with van der Waals surface area (Å²) in [5.41, 5.74) is 4.69. The third-order valence-electron chi connectivity index (χ3n) is 7.89. The van der Waals surface area contributed by atoms with Gasteiger partial charge in [-0.3, -0.25) is 29.5 Å². The molecule has 5 rings (SSSR count). The summed E-state index contributed by atoms with van der Waals surface area (Å²) in [5, 5.41) is 41.9. The molecule has 7 N–H and O–H groups in total. The maximum absolute atomic E-state index is 13.5. The second-order valence-electron chi connectivity index (χ2n) is 11.5. The van der Waals surface area contributed by atoms with E-state index in [0.29, 0.717) is 16.8 Å². The number of phenols is 2. The number of thioether (sulfide) groups is 1. The number of phenolic OH excluding ortho intramolecular Hbond substituents is 2. The lowest BCUT2D eigenvalue weighted by Crippen LogP contribution is -2.60. The molecule has 0 spiro atoms. The molecule has 3 saturated heterocycles. The first kappa shape index (κ1) is 36.4. The number of anilines is 1. The van der Waals surface area contributed by atoms with Gasteiger partial charge in [0.05, 0.1) is 35.0 Å². The van der Waals surface area contributed by atoms with Crippen LogP contribution in [-0.2, 0) is 28.8 Å². The van der Waals surface area contributed by atoms with E-state index in [2.05, 4.69) is 15.6 Å². The molecule has 0 aliphatic carbocycles. The molecule has 0 radical (unpaired) electrons. The summed E-state index contributed by atoms with van der Waals surface area (Å²) in [7, 11) is 0. The third kappa shape index (κ3) is 6.20. The molecule has 0 unspecified atom stereocenters. The minimum atomic E-state index is -2.07. The van der Waals surface area contributed by atoms with Gasteiger partial charge < -0.3 is 35.9 Å². The lowest BCUT2D eigenvalue weighted by Gasteiger charge is -2.40.